The molecule has 178 valence electrons. The Balaban J connectivity index is 0.000000257. The number of nitrogen functional groups attached to an aromatic ring is 3. The van der Waals surface area contributed by atoms with Gasteiger partial charge in [0.15, 0.2) is 17.1 Å². The summed E-state index contributed by atoms with van der Waals surface area (Å²) in [7, 11) is 0. The van der Waals surface area contributed by atoms with E-state index in [1.54, 1.807) is 44.4 Å². The summed E-state index contributed by atoms with van der Waals surface area (Å²) in [5.41, 5.74) is 20.6. The number of carboxylic acids is 1. The minimum atomic E-state index is -1.09. The molecule has 0 atom stereocenters. The summed E-state index contributed by atoms with van der Waals surface area (Å²) < 4.78 is 4.77. The van der Waals surface area contributed by atoms with Crippen molar-refractivity contribution in [3.63, 3.8) is 0 Å². The van der Waals surface area contributed by atoms with Gasteiger partial charge in [0, 0.05) is 18.6 Å². The summed E-state index contributed by atoms with van der Waals surface area (Å²) in [5, 5.41) is 16.9. The van der Waals surface area contributed by atoms with E-state index < -0.39 is 11.9 Å². The Morgan fingerprint density at radius 2 is 1.32 bits per heavy atom. The lowest BCUT2D eigenvalue weighted by atomic mass is 10.2. The number of pyridine rings is 3. The summed E-state index contributed by atoms with van der Waals surface area (Å²) in [6, 6.07) is 6.89. The highest BCUT2D eigenvalue weighted by Crippen LogP contribution is 2.11. The number of anilines is 3. The van der Waals surface area contributed by atoms with E-state index in [1.807, 2.05) is 19.9 Å². The maximum absolute atomic E-state index is 11.2. The highest BCUT2D eigenvalue weighted by molar-refractivity contribution is 5.92. The number of nitrogens with zero attached hydrogens (tertiary/aromatic N) is 4. The Morgan fingerprint density at radius 3 is 1.71 bits per heavy atom. The molecule has 3 aromatic rings. The van der Waals surface area contributed by atoms with Crippen LogP contribution in [-0.4, -0.2) is 38.6 Å². The minimum absolute atomic E-state index is 0.0874. The number of hydrogen-bond acceptors (Lipinski definition) is 10. The van der Waals surface area contributed by atoms with Crippen LogP contribution in [0.4, 0.5) is 17.1 Å². The van der Waals surface area contributed by atoms with Gasteiger partial charge in [-0.05, 0) is 62.6 Å². The fourth-order valence-corrected chi connectivity index (χ4v) is 2.42. The van der Waals surface area contributed by atoms with Crippen LogP contribution in [-0.2, 0) is 4.74 Å². The van der Waals surface area contributed by atoms with Crippen molar-refractivity contribution in [1.82, 2.24) is 15.0 Å². The van der Waals surface area contributed by atoms with Crippen LogP contribution < -0.4 is 17.2 Å². The third-order valence-corrected chi connectivity index (χ3v) is 3.94. The van der Waals surface area contributed by atoms with Gasteiger partial charge in [0.1, 0.15) is 6.07 Å². The van der Waals surface area contributed by atoms with Crippen molar-refractivity contribution < 1.29 is 19.4 Å². The Hall–Kier alpha value is -4.72. The van der Waals surface area contributed by atoms with E-state index in [4.69, 9.17) is 32.3 Å². The number of carbonyl (C=O) groups is 2. The average Bonchev–Trinajstić information content (AvgIpc) is 2.74. The molecule has 0 aliphatic carbocycles. The second-order valence-electron chi connectivity index (χ2n) is 6.99. The van der Waals surface area contributed by atoms with Gasteiger partial charge in [-0.25, -0.2) is 24.5 Å². The van der Waals surface area contributed by atoms with Gasteiger partial charge in [0.05, 0.1) is 23.7 Å². The zero-order chi connectivity index (χ0) is 25.8. The highest BCUT2D eigenvalue weighted by atomic mass is 16.5. The molecule has 0 spiro atoms. The molecule has 0 aliphatic heterocycles. The third-order valence-electron chi connectivity index (χ3n) is 3.94. The number of aromatic nitrogens is 3. The first-order valence-corrected chi connectivity index (χ1v) is 9.96. The number of ether oxygens (including phenoxy) is 1. The molecule has 0 saturated carbocycles. The Labute approximate surface area is 197 Å². The number of nitriles is 1. The fourth-order valence-electron chi connectivity index (χ4n) is 2.42. The monoisotopic (exact) mass is 465 g/mol. The van der Waals surface area contributed by atoms with Gasteiger partial charge in [0.2, 0.25) is 0 Å². The average molecular weight is 466 g/mol. The van der Waals surface area contributed by atoms with E-state index in [0.717, 1.165) is 16.7 Å². The quantitative estimate of drug-likeness (QED) is 0.414. The molecule has 11 heteroatoms. The normalized spacial score (nSPS) is 9.38. The molecule has 0 aliphatic rings. The lowest BCUT2D eigenvalue weighted by Crippen LogP contribution is -2.10. The van der Waals surface area contributed by atoms with Crippen molar-refractivity contribution >= 4 is 29.0 Å². The van der Waals surface area contributed by atoms with Crippen LogP contribution in [0.3, 0.4) is 0 Å². The number of aromatic carboxylic acids is 1. The molecule has 0 saturated heterocycles. The molecule has 0 unspecified atom stereocenters. The summed E-state index contributed by atoms with van der Waals surface area (Å²) >= 11 is 0. The van der Waals surface area contributed by atoms with Crippen molar-refractivity contribution in [1.29, 1.82) is 5.26 Å². The standard InChI is InChI=1S/C9H12N2O2.C7H7N3.C7H8N2O2/c1-3-13-9(12)8-7(10)4-6(2)5-11-8;1-5-2-6(9)7(3-8)10-4-5;1-4-2-5(8)6(7(10)11)9-3-4/h4-5H,3,10H2,1-2H3;2,4H,9H2,1H3;2-3H,8H2,1H3,(H,10,11). The molecule has 7 N–H and O–H groups in total. The van der Waals surface area contributed by atoms with Gasteiger partial charge >= 0.3 is 11.9 Å². The van der Waals surface area contributed by atoms with Crippen LogP contribution in [0.2, 0.25) is 0 Å². The summed E-state index contributed by atoms with van der Waals surface area (Å²) in [6.07, 6.45) is 4.68. The topological polar surface area (TPSA) is 204 Å². The largest absolute Gasteiger partial charge is 0.476 e. The molecule has 3 heterocycles. The first-order valence-electron chi connectivity index (χ1n) is 9.96. The minimum Gasteiger partial charge on any atom is -0.476 e. The SMILES string of the molecule is CCOC(=O)c1ncc(C)cc1N.Cc1cnc(C#N)c(N)c1.Cc1cnc(C(=O)O)c(N)c1. The van der Waals surface area contributed by atoms with Crippen molar-refractivity contribution in [3.05, 3.63) is 70.6 Å². The smallest absolute Gasteiger partial charge is 0.359 e. The lowest BCUT2D eigenvalue weighted by Gasteiger charge is -2.04. The predicted octanol–water partition coefficient (Wildman–Crippen LogP) is 2.66. The highest BCUT2D eigenvalue weighted by Gasteiger charge is 2.11. The molecule has 11 nitrogen and oxygen atoms in total. The number of esters is 1. The second-order valence-corrected chi connectivity index (χ2v) is 6.99. The Bertz CT molecular complexity index is 1210. The van der Waals surface area contributed by atoms with Crippen LogP contribution in [0.5, 0.6) is 0 Å². The summed E-state index contributed by atoms with van der Waals surface area (Å²) in [6.45, 7) is 7.61. The van der Waals surface area contributed by atoms with Crippen LogP contribution in [0.1, 0.15) is 50.3 Å². The molecule has 0 fully saturated rings. The number of nitrogens with two attached hydrogens (primary N) is 3. The van der Waals surface area contributed by atoms with Gasteiger partial charge < -0.3 is 27.0 Å². The summed E-state index contributed by atoms with van der Waals surface area (Å²) in [5.74, 6) is -1.57. The second kappa shape index (κ2) is 13.0. The molecular formula is C23H27N7O4. The zero-order valence-corrected chi connectivity index (χ0v) is 19.4. The van der Waals surface area contributed by atoms with Crippen LogP contribution in [0, 0.1) is 32.1 Å². The molecule has 0 amide bonds. The number of rotatable bonds is 3. The van der Waals surface area contributed by atoms with Crippen LogP contribution in [0.25, 0.3) is 0 Å². The van der Waals surface area contributed by atoms with Crippen LogP contribution in [0.15, 0.2) is 36.8 Å². The number of carboxylic acid groups (broad SMARTS) is 1. The molecule has 0 radical (unpaired) electrons. The number of hydrogen-bond donors (Lipinski definition) is 4. The molecule has 3 aromatic heterocycles. The Morgan fingerprint density at radius 1 is 0.882 bits per heavy atom. The van der Waals surface area contributed by atoms with Gasteiger partial charge in [-0.15, -0.1) is 0 Å². The zero-order valence-electron chi connectivity index (χ0n) is 19.4. The number of aryl methyl sites for hydroxylation is 3. The molecular weight excluding hydrogens is 438 g/mol. The summed E-state index contributed by atoms with van der Waals surface area (Å²) in [4.78, 5) is 33.0. The molecule has 34 heavy (non-hydrogen) atoms. The van der Waals surface area contributed by atoms with E-state index in [0.29, 0.717) is 23.7 Å². The molecule has 0 aromatic carbocycles. The van der Waals surface area contributed by atoms with Crippen LogP contribution >= 0.6 is 0 Å². The molecule has 0 bridgehead atoms. The maximum Gasteiger partial charge on any atom is 0.359 e. The van der Waals surface area contributed by atoms with E-state index in [-0.39, 0.29) is 17.1 Å². The van der Waals surface area contributed by atoms with E-state index >= 15 is 0 Å². The fraction of sp³-hybridized carbons (Fsp3) is 0.217. The lowest BCUT2D eigenvalue weighted by molar-refractivity contribution is 0.0520. The maximum atomic E-state index is 11.2. The third kappa shape index (κ3) is 8.43. The van der Waals surface area contributed by atoms with E-state index in [9.17, 15) is 9.59 Å². The van der Waals surface area contributed by atoms with Gasteiger partial charge in [-0.1, -0.05) is 0 Å². The van der Waals surface area contributed by atoms with Crippen molar-refractivity contribution in [3.8, 4) is 6.07 Å². The van der Waals surface area contributed by atoms with Gasteiger partial charge in [0.25, 0.3) is 0 Å². The van der Waals surface area contributed by atoms with E-state index in [1.165, 1.54) is 6.20 Å². The van der Waals surface area contributed by atoms with Gasteiger partial charge in [-0.2, -0.15) is 5.26 Å². The molecule has 3 rings (SSSR count). The van der Waals surface area contributed by atoms with Crippen molar-refractivity contribution in [2.75, 3.05) is 23.8 Å². The first kappa shape index (κ1) is 27.3. The number of carbonyl (C=O) groups excluding carboxylic acids is 1. The van der Waals surface area contributed by atoms with Gasteiger partial charge in [-0.3, -0.25) is 0 Å². The predicted molar refractivity (Wildman–Crippen MR) is 128 cm³/mol. The van der Waals surface area contributed by atoms with E-state index in [2.05, 4.69) is 15.0 Å². The van der Waals surface area contributed by atoms with Crippen molar-refractivity contribution in [2.24, 2.45) is 0 Å². The Kier molecular flexibility index (Phi) is 10.4. The first-order chi connectivity index (χ1) is 16.0. The van der Waals surface area contributed by atoms with Crippen molar-refractivity contribution in [2.45, 2.75) is 27.7 Å².